The highest BCUT2D eigenvalue weighted by Crippen LogP contribution is 2.61. The fourth-order valence-electron chi connectivity index (χ4n) is 3.42. The van der Waals surface area contributed by atoms with Crippen molar-refractivity contribution in [1.29, 1.82) is 0 Å². The van der Waals surface area contributed by atoms with Crippen LogP contribution < -0.4 is 0 Å². The summed E-state index contributed by atoms with van der Waals surface area (Å²) in [4.78, 5) is 16.5. The van der Waals surface area contributed by atoms with Gasteiger partial charge in [0.2, 0.25) is 0 Å². The van der Waals surface area contributed by atoms with Crippen LogP contribution in [-0.4, -0.2) is 36.5 Å². The summed E-state index contributed by atoms with van der Waals surface area (Å²) in [5.74, 6) is 0. The summed E-state index contributed by atoms with van der Waals surface area (Å²) in [5, 5.41) is -0.365. The van der Waals surface area contributed by atoms with Gasteiger partial charge in [0, 0.05) is 0 Å². The van der Waals surface area contributed by atoms with Crippen LogP contribution in [0, 0.1) is 0 Å². The van der Waals surface area contributed by atoms with Crippen molar-refractivity contribution in [2.45, 2.75) is 46.6 Å². The van der Waals surface area contributed by atoms with E-state index in [2.05, 4.69) is 0 Å². The first-order valence-corrected chi connectivity index (χ1v) is 13.9. The first-order valence-electron chi connectivity index (χ1n) is 10.5. The molecule has 0 heterocycles. The number of alkyl halides is 3. The number of ether oxygens (including phenoxy) is 1. The molecule has 0 atom stereocenters. The molecule has 36 heavy (non-hydrogen) atoms. The normalized spacial score (nSPS) is 13.5. The van der Waals surface area contributed by atoms with Crippen LogP contribution in [0.2, 0.25) is 0 Å². The monoisotopic (exact) mass is 544 g/mol. The molecule has 0 unspecified atom stereocenters. The lowest BCUT2D eigenvalue weighted by Crippen LogP contribution is -2.54. The van der Waals surface area contributed by atoms with E-state index < -0.39 is 30.7 Å². The predicted molar refractivity (Wildman–Crippen MR) is 130 cm³/mol. The van der Waals surface area contributed by atoms with Gasteiger partial charge in [0.25, 0.3) is 0 Å². The molecule has 0 N–H and O–H groups in total. The first-order chi connectivity index (χ1) is 16.6. The van der Waals surface area contributed by atoms with Crippen LogP contribution in [0.4, 0.5) is 18.0 Å². The van der Waals surface area contributed by atoms with Gasteiger partial charge in [-0.2, -0.15) is 18.0 Å². The Labute approximate surface area is 209 Å². The van der Waals surface area contributed by atoms with E-state index in [4.69, 9.17) is 21.9 Å². The van der Waals surface area contributed by atoms with E-state index in [1.54, 1.807) is 7.11 Å². The Morgan fingerprint density at radius 1 is 0.750 bits per heavy atom. The molecule has 196 valence electrons. The van der Waals surface area contributed by atoms with Gasteiger partial charge in [-0.05, 0) is 57.2 Å². The summed E-state index contributed by atoms with van der Waals surface area (Å²) in [5.41, 5.74) is -6.31. The number of carbonyl (C=O) groups is 1. The molecule has 0 aliphatic rings. The maximum Gasteiger partial charge on any atom is 0.492 e. The largest absolute Gasteiger partial charge is 0.741 e. The quantitative estimate of drug-likeness (QED) is 0.163. The van der Waals surface area contributed by atoms with Crippen molar-refractivity contribution in [2.75, 3.05) is 7.11 Å². The lowest BCUT2D eigenvalue weighted by atomic mass is 10.2. The molecule has 6 nitrogen and oxygen atoms in total. The van der Waals surface area contributed by atoms with Crippen LogP contribution in [-0.2, 0) is 28.5 Å². The highest BCUT2D eigenvalue weighted by Gasteiger charge is 2.66. The van der Waals surface area contributed by atoms with Crippen LogP contribution in [0.5, 0.6) is 0 Å². The Kier molecular flexibility index (Phi) is 8.67. The SMILES string of the molecule is CO[S+](C(=O)OC(C)(C)C)(c1ccccc1)(c1ccccc1)c1ccccc1.O=S(=O)([O-])C(F)(F)F. The molecule has 3 aromatic rings. The topological polar surface area (TPSA) is 92.7 Å². The molecular weight excluding hydrogens is 517 g/mol. The summed E-state index contributed by atoms with van der Waals surface area (Å²) in [7, 11) is -8.17. The minimum absolute atomic E-state index is 0.365. The number of hydrogen-bond acceptors (Lipinski definition) is 6. The van der Waals surface area contributed by atoms with E-state index in [9.17, 15) is 18.0 Å². The third-order valence-electron chi connectivity index (χ3n) is 4.90. The molecule has 0 aromatic heterocycles. The lowest BCUT2D eigenvalue weighted by molar-refractivity contribution is -0.0517. The van der Waals surface area contributed by atoms with Gasteiger partial charge in [-0.3, -0.25) is 0 Å². The average Bonchev–Trinajstić information content (AvgIpc) is 2.81. The molecule has 11 heteroatoms. The summed E-state index contributed by atoms with van der Waals surface area (Å²) in [6.45, 7) is 5.64. The molecule has 0 saturated heterocycles. The molecule has 0 fully saturated rings. The second kappa shape index (κ2) is 10.6. The number of hydrogen-bond donors (Lipinski definition) is 0. The van der Waals surface area contributed by atoms with Crippen molar-refractivity contribution in [3.05, 3.63) is 91.0 Å². The lowest BCUT2D eigenvalue weighted by Gasteiger charge is -2.48. The molecule has 0 spiro atoms. The van der Waals surface area contributed by atoms with Crippen LogP contribution in [0.15, 0.2) is 106 Å². The second-order valence-corrected chi connectivity index (χ2v) is 13.8. The smallest absolute Gasteiger partial charge is 0.492 e. The third-order valence-corrected chi connectivity index (χ3v) is 10.4. The zero-order valence-electron chi connectivity index (χ0n) is 20.1. The number of rotatable bonds is 4. The second-order valence-electron chi connectivity index (χ2n) is 8.42. The van der Waals surface area contributed by atoms with Crippen LogP contribution in [0.25, 0.3) is 0 Å². The zero-order valence-corrected chi connectivity index (χ0v) is 21.7. The zero-order chi connectivity index (χ0) is 27.3. The van der Waals surface area contributed by atoms with Gasteiger partial charge < -0.3 is 9.29 Å². The van der Waals surface area contributed by atoms with E-state index in [1.165, 1.54) is 0 Å². The van der Waals surface area contributed by atoms with Gasteiger partial charge >= 0.3 is 10.8 Å². The minimum Gasteiger partial charge on any atom is -0.741 e. The van der Waals surface area contributed by atoms with E-state index >= 15 is 0 Å². The van der Waals surface area contributed by atoms with E-state index in [0.717, 1.165) is 14.7 Å². The highest BCUT2D eigenvalue weighted by molar-refractivity contribution is 8.38. The maximum absolute atomic E-state index is 14.1. The van der Waals surface area contributed by atoms with Crippen molar-refractivity contribution in [3.8, 4) is 0 Å². The van der Waals surface area contributed by atoms with Gasteiger partial charge in [-0.1, -0.05) is 54.6 Å². The van der Waals surface area contributed by atoms with Crippen LogP contribution in [0.1, 0.15) is 20.8 Å². The molecular formula is C25H27F3O6S2. The fourth-order valence-corrected chi connectivity index (χ4v) is 7.97. The van der Waals surface area contributed by atoms with Crippen molar-refractivity contribution < 1.29 is 39.9 Å². The van der Waals surface area contributed by atoms with Gasteiger partial charge in [0.15, 0.2) is 10.1 Å². The van der Waals surface area contributed by atoms with Crippen molar-refractivity contribution >= 4 is 24.9 Å². The van der Waals surface area contributed by atoms with Gasteiger partial charge in [-0.25, -0.2) is 12.6 Å². The summed E-state index contributed by atoms with van der Waals surface area (Å²) in [6.07, 6.45) is 0. The molecule has 0 aliphatic heterocycles. The summed E-state index contributed by atoms with van der Waals surface area (Å²) >= 11 is 0. The summed E-state index contributed by atoms with van der Waals surface area (Å²) < 4.78 is 71.4. The van der Waals surface area contributed by atoms with Crippen LogP contribution >= 0.6 is 0 Å². The molecule has 0 bridgehead atoms. The molecule has 0 aliphatic carbocycles. The van der Waals surface area contributed by atoms with Crippen molar-refractivity contribution in [2.24, 2.45) is 0 Å². The van der Waals surface area contributed by atoms with Gasteiger partial charge in [0.05, 0.1) is 16.6 Å². The fraction of sp³-hybridized carbons (Fsp3) is 0.240. The predicted octanol–water partition coefficient (Wildman–Crippen LogP) is 6.40. The molecule has 3 aromatic carbocycles. The Morgan fingerprint density at radius 2 is 1.03 bits per heavy atom. The Balaban J connectivity index is 0.000000493. The molecule has 0 amide bonds. The Hall–Kier alpha value is -2.86. The number of benzene rings is 3. The first kappa shape index (κ1) is 29.4. The number of carbonyl (C=O) groups excluding carboxylic acids is 1. The Bertz CT molecular complexity index is 1160. The highest BCUT2D eigenvalue weighted by atomic mass is 32.3. The van der Waals surface area contributed by atoms with Crippen LogP contribution in [0.3, 0.4) is 0 Å². The van der Waals surface area contributed by atoms with Gasteiger partial charge in [-0.15, -0.1) is 0 Å². The Morgan fingerprint density at radius 3 is 1.22 bits per heavy atom. The average molecular weight is 545 g/mol. The van der Waals surface area contributed by atoms with Gasteiger partial charge in [0.1, 0.15) is 20.3 Å². The summed E-state index contributed by atoms with van der Waals surface area (Å²) in [6, 6.07) is 29.1. The maximum atomic E-state index is 14.1. The van der Waals surface area contributed by atoms with Crippen molar-refractivity contribution in [3.63, 3.8) is 0 Å². The molecule has 0 radical (unpaired) electrons. The third kappa shape index (κ3) is 5.59. The number of halogens is 3. The minimum atomic E-state index is -6.09. The molecule has 3 rings (SSSR count). The van der Waals surface area contributed by atoms with E-state index in [1.807, 2.05) is 112 Å². The van der Waals surface area contributed by atoms with E-state index in [-0.39, 0.29) is 5.30 Å². The molecule has 0 saturated carbocycles. The van der Waals surface area contributed by atoms with Crippen molar-refractivity contribution in [1.82, 2.24) is 0 Å². The van der Waals surface area contributed by atoms with E-state index in [0.29, 0.717) is 0 Å². The standard InChI is InChI=1S/C24H27O3S.CHF3O3S/c1-24(2,3)27-23(25)28(26-4,20-14-8-5-9-15-20,21-16-10-6-11-17-21)22-18-12-7-13-19-22;2-1(3,4)8(5,6)7/h5-19H,1-4H3;(H,5,6,7)/q+1;/p-1.